The molecule has 0 aromatic heterocycles. The highest BCUT2D eigenvalue weighted by Crippen LogP contribution is 2.78. The van der Waals surface area contributed by atoms with Gasteiger partial charge in [0, 0.05) is 11.8 Å². The molecule has 0 N–H and O–H groups in total. The van der Waals surface area contributed by atoms with Crippen LogP contribution >= 0.6 is 0 Å². The monoisotopic (exact) mass is 362 g/mol. The first-order valence-electron chi connectivity index (χ1n) is 12.8. The van der Waals surface area contributed by atoms with Gasteiger partial charge in [0.1, 0.15) is 5.78 Å². The predicted octanol–water partition coefficient (Wildman–Crippen LogP) is 5.05. The van der Waals surface area contributed by atoms with Crippen LogP contribution in [-0.4, -0.2) is 5.78 Å². The number of hydrogen-bond acceptors (Lipinski definition) is 1. The number of ketones is 1. The molecule has 0 unspecified atom stereocenters. The van der Waals surface area contributed by atoms with Gasteiger partial charge in [-0.3, -0.25) is 4.79 Å². The Morgan fingerprint density at radius 2 is 0.926 bits per heavy atom. The van der Waals surface area contributed by atoms with Crippen molar-refractivity contribution in [3.05, 3.63) is 0 Å². The molecule has 0 saturated heterocycles. The summed E-state index contributed by atoms with van der Waals surface area (Å²) in [6, 6.07) is 0. The lowest BCUT2D eigenvalue weighted by Gasteiger charge is -2.58. The first kappa shape index (κ1) is 14.6. The molecule has 0 amide bonds. The highest BCUT2D eigenvalue weighted by atomic mass is 16.1. The van der Waals surface area contributed by atoms with Crippen molar-refractivity contribution in [2.24, 2.45) is 94.7 Å². The van der Waals surface area contributed by atoms with E-state index in [1.54, 1.807) is 25.7 Å². The van der Waals surface area contributed by atoms with Crippen LogP contribution in [0, 0.1) is 94.7 Å². The molecule has 0 spiro atoms. The summed E-state index contributed by atoms with van der Waals surface area (Å²) in [5.41, 5.74) is 0. The zero-order valence-electron chi connectivity index (χ0n) is 16.5. The Hall–Kier alpha value is -0.330. The summed E-state index contributed by atoms with van der Waals surface area (Å²) in [5, 5.41) is 0. The first-order chi connectivity index (χ1) is 13.3. The Balaban J connectivity index is 1.17. The van der Waals surface area contributed by atoms with E-state index in [9.17, 15) is 4.79 Å². The van der Waals surface area contributed by atoms with Crippen LogP contribution in [-0.2, 0) is 4.79 Å². The van der Waals surface area contributed by atoms with Crippen molar-refractivity contribution >= 4 is 5.78 Å². The third kappa shape index (κ3) is 1.36. The number of hydrogen-bond donors (Lipinski definition) is 0. The Bertz CT molecular complexity index is 755. The molecule has 8 bridgehead atoms. The SMILES string of the molecule is O=C1[C@@H]2[C@H]3CC[C@H]([C@@H]4[C@@H]5CC[C@H](C5)[C@@H]34)[C@@H]2[C@H]2[C@@H]3C[C@@H]([C@H]12)[C@H]1[C@@H]2CC[C@H](C2)[C@H]31. The molecule has 10 aliphatic rings. The molecule has 10 fully saturated rings. The summed E-state index contributed by atoms with van der Waals surface area (Å²) < 4.78 is 0. The van der Waals surface area contributed by atoms with Gasteiger partial charge in [0.25, 0.3) is 0 Å². The van der Waals surface area contributed by atoms with Crippen LogP contribution < -0.4 is 0 Å². The molecule has 0 aromatic rings. The minimum Gasteiger partial charge on any atom is -0.299 e. The first-order valence-corrected chi connectivity index (χ1v) is 12.8. The second kappa shape index (κ2) is 4.39. The summed E-state index contributed by atoms with van der Waals surface area (Å²) in [6.45, 7) is 0. The Kier molecular flexibility index (Phi) is 2.38. The minimum absolute atomic E-state index is 0.557. The van der Waals surface area contributed by atoms with E-state index in [1.165, 1.54) is 32.1 Å². The van der Waals surface area contributed by atoms with Crippen LogP contribution in [0.15, 0.2) is 0 Å². The molecule has 10 saturated carbocycles. The van der Waals surface area contributed by atoms with Crippen LogP contribution in [0.2, 0.25) is 0 Å². The number of carbonyl (C=O) groups excluding carboxylic acids is 1. The van der Waals surface area contributed by atoms with Crippen LogP contribution in [0.1, 0.15) is 57.8 Å². The maximum atomic E-state index is 14.0. The van der Waals surface area contributed by atoms with Crippen molar-refractivity contribution in [3.8, 4) is 0 Å². The largest absolute Gasteiger partial charge is 0.299 e. The van der Waals surface area contributed by atoms with Crippen LogP contribution in [0.5, 0.6) is 0 Å². The molecule has 0 heterocycles. The zero-order valence-corrected chi connectivity index (χ0v) is 16.5. The lowest BCUT2D eigenvalue weighted by atomic mass is 9.46. The van der Waals surface area contributed by atoms with Crippen LogP contribution in [0.25, 0.3) is 0 Å². The van der Waals surface area contributed by atoms with E-state index in [0.717, 1.165) is 88.6 Å². The molecule has 16 atom stereocenters. The van der Waals surface area contributed by atoms with Gasteiger partial charge < -0.3 is 0 Å². The summed E-state index contributed by atoms with van der Waals surface area (Å²) in [5.74, 6) is 15.8. The molecule has 10 rings (SSSR count). The topological polar surface area (TPSA) is 17.1 Å². The van der Waals surface area contributed by atoms with Gasteiger partial charge in [-0.25, -0.2) is 0 Å². The quantitative estimate of drug-likeness (QED) is 0.551. The third-order valence-electron chi connectivity index (χ3n) is 13.3. The number of rotatable bonds is 0. The van der Waals surface area contributed by atoms with Gasteiger partial charge >= 0.3 is 0 Å². The van der Waals surface area contributed by atoms with E-state index >= 15 is 0 Å². The summed E-state index contributed by atoms with van der Waals surface area (Å²) >= 11 is 0. The Morgan fingerprint density at radius 1 is 0.444 bits per heavy atom. The van der Waals surface area contributed by atoms with Crippen LogP contribution in [0.4, 0.5) is 0 Å². The average Bonchev–Trinajstić information content (AvgIpc) is 3.51. The molecule has 0 radical (unpaired) electrons. The Labute approximate surface area is 163 Å². The Morgan fingerprint density at radius 3 is 1.63 bits per heavy atom. The van der Waals surface area contributed by atoms with Gasteiger partial charge in [-0.1, -0.05) is 0 Å². The van der Waals surface area contributed by atoms with Crippen LogP contribution in [0.3, 0.4) is 0 Å². The fourth-order valence-electron chi connectivity index (χ4n) is 13.5. The summed E-state index contributed by atoms with van der Waals surface area (Å²) in [4.78, 5) is 14.0. The normalized spacial score (nSPS) is 73.4. The lowest BCUT2D eigenvalue weighted by molar-refractivity contribution is -0.140. The predicted molar refractivity (Wildman–Crippen MR) is 102 cm³/mol. The maximum Gasteiger partial charge on any atom is 0.140 e. The summed E-state index contributed by atoms with van der Waals surface area (Å²) in [6.07, 6.45) is 13.7. The number of Topliss-reactive ketones (excluding diaryl/α,β-unsaturated/α-hetero) is 1. The molecule has 27 heavy (non-hydrogen) atoms. The van der Waals surface area contributed by atoms with Gasteiger partial charge in [-0.2, -0.15) is 0 Å². The number of fused-ring (bicyclic) bond motifs is 15. The third-order valence-corrected chi connectivity index (χ3v) is 13.3. The van der Waals surface area contributed by atoms with E-state index in [0.29, 0.717) is 11.8 Å². The van der Waals surface area contributed by atoms with Crippen molar-refractivity contribution in [3.63, 3.8) is 0 Å². The fourth-order valence-corrected chi connectivity index (χ4v) is 13.5. The molecule has 1 nitrogen and oxygen atoms in total. The van der Waals surface area contributed by atoms with E-state index in [1.807, 2.05) is 0 Å². The summed E-state index contributed by atoms with van der Waals surface area (Å²) in [7, 11) is 0. The molecule has 0 aliphatic heterocycles. The minimum atomic E-state index is 0.557. The van der Waals surface area contributed by atoms with Gasteiger partial charge in [-0.15, -0.1) is 0 Å². The second-order valence-corrected chi connectivity index (χ2v) is 13.1. The van der Waals surface area contributed by atoms with Gasteiger partial charge in [0.15, 0.2) is 0 Å². The van der Waals surface area contributed by atoms with Gasteiger partial charge in [0.05, 0.1) is 0 Å². The molecular weight excluding hydrogens is 328 g/mol. The highest BCUT2D eigenvalue weighted by molar-refractivity contribution is 5.88. The van der Waals surface area contributed by atoms with Crippen molar-refractivity contribution in [1.29, 1.82) is 0 Å². The van der Waals surface area contributed by atoms with E-state index in [2.05, 4.69) is 0 Å². The van der Waals surface area contributed by atoms with E-state index in [-0.39, 0.29) is 0 Å². The van der Waals surface area contributed by atoms with Crippen molar-refractivity contribution < 1.29 is 4.79 Å². The molecule has 144 valence electrons. The van der Waals surface area contributed by atoms with Crippen molar-refractivity contribution in [2.75, 3.05) is 0 Å². The smallest absolute Gasteiger partial charge is 0.140 e. The van der Waals surface area contributed by atoms with Crippen molar-refractivity contribution in [2.45, 2.75) is 57.8 Å². The molecule has 0 aromatic carbocycles. The maximum absolute atomic E-state index is 14.0. The van der Waals surface area contributed by atoms with E-state index in [4.69, 9.17) is 0 Å². The molecular formula is C26H34O. The van der Waals surface area contributed by atoms with Gasteiger partial charge in [-0.05, 0) is 141 Å². The molecule has 1 heteroatoms. The standard InChI is InChI=1S/C26H34O/c27-26-24-15-6-5-14(18-10-1-2-11(7-10)19(15)18)22(24)23-16-9-17(25(23)26)21-13-4-3-12(8-13)20(16)21/h10-25H,1-9H2/t10-,11-,12-,13-,14-,15+,16-,17-,18+,19+,20-,21-,22-,23-,24-,25+/m1/s1. The number of carbonyl (C=O) groups is 1. The second-order valence-electron chi connectivity index (χ2n) is 13.1. The highest BCUT2D eigenvalue weighted by Gasteiger charge is 2.76. The average molecular weight is 363 g/mol. The van der Waals surface area contributed by atoms with E-state index < -0.39 is 0 Å². The lowest BCUT2D eigenvalue weighted by Crippen LogP contribution is -2.54. The van der Waals surface area contributed by atoms with Crippen molar-refractivity contribution in [1.82, 2.24) is 0 Å². The van der Waals surface area contributed by atoms with Gasteiger partial charge in [0.2, 0.25) is 0 Å². The zero-order chi connectivity index (χ0) is 17.2. The fraction of sp³-hybridized carbons (Fsp3) is 0.962. The molecule has 10 aliphatic carbocycles.